The van der Waals surface area contributed by atoms with Crippen molar-refractivity contribution in [3.8, 4) is 0 Å². The Morgan fingerprint density at radius 1 is 1.13 bits per heavy atom. The minimum absolute atomic E-state index is 0.194. The predicted molar refractivity (Wildman–Crippen MR) is 90.9 cm³/mol. The van der Waals surface area contributed by atoms with Gasteiger partial charge in [-0.1, -0.05) is 31.5 Å². The summed E-state index contributed by atoms with van der Waals surface area (Å²) in [5.74, 6) is 0. The van der Waals surface area contributed by atoms with Crippen molar-refractivity contribution in [1.82, 2.24) is 4.98 Å². The van der Waals surface area contributed by atoms with Crippen LogP contribution in [0.4, 0.5) is 5.69 Å². The van der Waals surface area contributed by atoms with Crippen LogP contribution in [0.25, 0.3) is 0 Å². The van der Waals surface area contributed by atoms with Gasteiger partial charge >= 0.3 is 0 Å². The van der Waals surface area contributed by atoms with Crippen molar-refractivity contribution in [3.05, 3.63) is 52.8 Å². The van der Waals surface area contributed by atoms with Crippen molar-refractivity contribution in [2.45, 2.75) is 45.1 Å². The summed E-state index contributed by atoms with van der Waals surface area (Å²) in [4.78, 5) is 4.66. The van der Waals surface area contributed by atoms with Crippen molar-refractivity contribution in [2.75, 3.05) is 4.72 Å². The van der Waals surface area contributed by atoms with Crippen LogP contribution in [0, 0.1) is 6.92 Å². The van der Waals surface area contributed by atoms with E-state index in [0.717, 1.165) is 11.3 Å². The number of sulfonamides is 1. The maximum absolute atomic E-state index is 12.6. The fourth-order valence-electron chi connectivity index (χ4n) is 2.34. The second kappa shape index (κ2) is 7.10. The molecule has 0 fully saturated rings. The molecule has 0 amide bonds. The van der Waals surface area contributed by atoms with Gasteiger partial charge in [0.05, 0.1) is 17.2 Å². The van der Waals surface area contributed by atoms with Crippen molar-refractivity contribution >= 4 is 15.7 Å². The molecule has 0 bridgehead atoms. The number of hydrogen-bond donors (Lipinski definition) is 2. The zero-order chi connectivity index (χ0) is 17.0. The SMILES string of the molecule is CCc1cc(NS(=O)(=O)c2ccc(C)cc2)c(CO)c(CC)n1. The Morgan fingerprint density at radius 3 is 2.30 bits per heavy atom. The highest BCUT2D eigenvalue weighted by Gasteiger charge is 2.18. The number of rotatable bonds is 6. The number of aromatic nitrogens is 1. The predicted octanol–water partition coefficient (Wildman–Crippen LogP) is 2.81. The van der Waals surface area contributed by atoms with E-state index in [2.05, 4.69) is 9.71 Å². The first-order valence-electron chi connectivity index (χ1n) is 7.63. The zero-order valence-corrected chi connectivity index (χ0v) is 14.4. The van der Waals surface area contributed by atoms with Crippen LogP contribution in [0.5, 0.6) is 0 Å². The quantitative estimate of drug-likeness (QED) is 0.851. The summed E-state index contributed by atoms with van der Waals surface area (Å²) in [6, 6.07) is 8.33. The second-order valence-corrected chi connectivity index (χ2v) is 7.05. The first-order chi connectivity index (χ1) is 10.9. The molecule has 5 nitrogen and oxygen atoms in total. The summed E-state index contributed by atoms with van der Waals surface area (Å²) in [6.45, 7) is 5.53. The lowest BCUT2D eigenvalue weighted by molar-refractivity contribution is 0.280. The molecule has 0 atom stereocenters. The van der Waals surface area contributed by atoms with E-state index < -0.39 is 10.0 Å². The molecule has 2 N–H and O–H groups in total. The lowest BCUT2D eigenvalue weighted by Gasteiger charge is -2.15. The van der Waals surface area contributed by atoms with E-state index in [1.165, 1.54) is 0 Å². The molecular formula is C17H22N2O3S. The number of nitrogens with one attached hydrogen (secondary N) is 1. The minimum Gasteiger partial charge on any atom is -0.392 e. The van der Waals surface area contributed by atoms with E-state index in [9.17, 15) is 13.5 Å². The molecule has 23 heavy (non-hydrogen) atoms. The van der Waals surface area contributed by atoms with Gasteiger partial charge < -0.3 is 5.11 Å². The maximum atomic E-state index is 12.6. The number of aliphatic hydroxyl groups is 1. The van der Waals surface area contributed by atoms with Gasteiger partial charge in [0.15, 0.2) is 0 Å². The topological polar surface area (TPSA) is 79.3 Å². The molecule has 0 radical (unpaired) electrons. The summed E-state index contributed by atoms with van der Waals surface area (Å²) in [5, 5.41) is 9.62. The molecular weight excluding hydrogens is 312 g/mol. The molecule has 0 spiro atoms. The number of nitrogens with zero attached hydrogens (tertiary/aromatic N) is 1. The first kappa shape index (κ1) is 17.4. The third kappa shape index (κ3) is 3.89. The smallest absolute Gasteiger partial charge is 0.261 e. The van der Waals surface area contributed by atoms with Gasteiger partial charge in [0.25, 0.3) is 10.0 Å². The third-order valence-electron chi connectivity index (χ3n) is 3.69. The van der Waals surface area contributed by atoms with Gasteiger partial charge in [0.2, 0.25) is 0 Å². The molecule has 124 valence electrons. The largest absolute Gasteiger partial charge is 0.392 e. The van der Waals surface area contributed by atoms with Gasteiger partial charge in [0, 0.05) is 17.0 Å². The molecule has 0 aliphatic heterocycles. The molecule has 0 saturated heterocycles. The number of anilines is 1. The van der Waals surface area contributed by atoms with Crippen molar-refractivity contribution < 1.29 is 13.5 Å². The van der Waals surface area contributed by atoms with Crippen molar-refractivity contribution in [2.24, 2.45) is 0 Å². The van der Waals surface area contributed by atoms with Crippen LogP contribution in [0.3, 0.4) is 0 Å². The molecule has 0 unspecified atom stereocenters. The monoisotopic (exact) mass is 334 g/mol. The number of benzene rings is 1. The van der Waals surface area contributed by atoms with Gasteiger partial charge in [-0.05, 0) is 38.0 Å². The van der Waals surface area contributed by atoms with Gasteiger partial charge in [0.1, 0.15) is 0 Å². The van der Waals surface area contributed by atoms with E-state index in [1.54, 1.807) is 30.3 Å². The Labute approximate surface area is 137 Å². The van der Waals surface area contributed by atoms with Crippen LogP contribution < -0.4 is 4.72 Å². The van der Waals surface area contributed by atoms with E-state index in [-0.39, 0.29) is 11.5 Å². The molecule has 1 aromatic heterocycles. The molecule has 6 heteroatoms. The van der Waals surface area contributed by atoms with Crippen LogP contribution in [0.15, 0.2) is 35.2 Å². The molecule has 0 aliphatic carbocycles. The zero-order valence-electron chi connectivity index (χ0n) is 13.6. The van der Waals surface area contributed by atoms with Crippen LogP contribution >= 0.6 is 0 Å². The Hall–Kier alpha value is -1.92. The summed E-state index contributed by atoms with van der Waals surface area (Å²) in [7, 11) is -3.70. The standard InChI is InChI=1S/C17H22N2O3S/c1-4-13-10-17(15(11-20)16(5-2)18-13)19-23(21,22)14-8-6-12(3)7-9-14/h6-10,20H,4-5,11H2,1-3H3,(H,18,19). The van der Waals surface area contributed by atoms with Crippen LogP contribution in [-0.4, -0.2) is 18.5 Å². The van der Waals surface area contributed by atoms with Crippen LogP contribution in [0.1, 0.15) is 36.4 Å². The first-order valence-corrected chi connectivity index (χ1v) is 9.11. The lowest BCUT2D eigenvalue weighted by atomic mass is 10.1. The third-order valence-corrected chi connectivity index (χ3v) is 5.08. The molecule has 1 heterocycles. The summed E-state index contributed by atoms with van der Waals surface area (Å²) < 4.78 is 27.7. The van der Waals surface area contributed by atoms with Gasteiger partial charge in [-0.2, -0.15) is 0 Å². The van der Waals surface area contributed by atoms with E-state index in [4.69, 9.17) is 0 Å². The Bertz CT molecular complexity index is 784. The van der Waals surface area contributed by atoms with Crippen LogP contribution in [-0.2, 0) is 29.5 Å². The molecule has 1 aromatic carbocycles. The van der Waals surface area contributed by atoms with Crippen molar-refractivity contribution in [1.29, 1.82) is 0 Å². The second-order valence-electron chi connectivity index (χ2n) is 5.37. The normalized spacial score (nSPS) is 11.5. The fourth-order valence-corrected chi connectivity index (χ4v) is 3.43. The maximum Gasteiger partial charge on any atom is 0.261 e. The van der Waals surface area contributed by atoms with Gasteiger partial charge in [-0.3, -0.25) is 9.71 Å². The van der Waals surface area contributed by atoms with Crippen molar-refractivity contribution in [3.63, 3.8) is 0 Å². The number of aryl methyl sites for hydroxylation is 3. The molecule has 0 saturated carbocycles. The van der Waals surface area contributed by atoms with E-state index in [0.29, 0.717) is 29.8 Å². The highest BCUT2D eigenvalue weighted by Crippen LogP contribution is 2.24. The summed E-state index contributed by atoms with van der Waals surface area (Å²) >= 11 is 0. The average molecular weight is 334 g/mol. The molecule has 2 aromatic rings. The number of hydrogen-bond acceptors (Lipinski definition) is 4. The van der Waals surface area contributed by atoms with Gasteiger partial charge in [-0.25, -0.2) is 8.42 Å². The fraction of sp³-hybridized carbons (Fsp3) is 0.353. The van der Waals surface area contributed by atoms with Gasteiger partial charge in [-0.15, -0.1) is 0 Å². The number of pyridine rings is 1. The highest BCUT2D eigenvalue weighted by molar-refractivity contribution is 7.92. The average Bonchev–Trinajstić information content (AvgIpc) is 2.54. The highest BCUT2D eigenvalue weighted by atomic mass is 32.2. The minimum atomic E-state index is -3.70. The summed E-state index contributed by atoms with van der Waals surface area (Å²) in [6.07, 6.45) is 1.32. The number of aliphatic hydroxyl groups excluding tert-OH is 1. The van der Waals surface area contributed by atoms with E-state index >= 15 is 0 Å². The molecule has 0 aliphatic rings. The Morgan fingerprint density at radius 2 is 1.78 bits per heavy atom. The van der Waals surface area contributed by atoms with Crippen LogP contribution in [0.2, 0.25) is 0 Å². The Kier molecular flexibility index (Phi) is 5.38. The Balaban J connectivity index is 2.47. The van der Waals surface area contributed by atoms with E-state index in [1.807, 2.05) is 20.8 Å². The lowest BCUT2D eigenvalue weighted by Crippen LogP contribution is -2.16. The summed E-state index contributed by atoms with van der Waals surface area (Å²) in [5.41, 5.74) is 3.43. The molecule has 2 rings (SSSR count).